The lowest BCUT2D eigenvalue weighted by Gasteiger charge is -2.10. The van der Waals surface area contributed by atoms with Crippen molar-refractivity contribution in [1.29, 1.82) is 0 Å². The van der Waals surface area contributed by atoms with Gasteiger partial charge in [0.25, 0.3) is 0 Å². The lowest BCUT2D eigenvalue weighted by Crippen LogP contribution is -1.94. The minimum Gasteiger partial charge on any atom is -0.298 e. The molecule has 1 unspecified atom stereocenters. The van der Waals surface area contributed by atoms with E-state index in [1.165, 1.54) is 16.9 Å². The minimum absolute atomic E-state index is 0.635. The summed E-state index contributed by atoms with van der Waals surface area (Å²) in [6, 6.07) is 5.86. The lowest BCUT2D eigenvalue weighted by molar-refractivity contribution is 0.112. The normalized spacial score (nSPS) is 12.5. The van der Waals surface area contributed by atoms with Gasteiger partial charge in [0.15, 0.2) is 0 Å². The molecule has 0 heterocycles. The molecule has 1 aromatic rings. The van der Waals surface area contributed by atoms with Crippen molar-refractivity contribution in [3.63, 3.8) is 0 Å². The van der Waals surface area contributed by atoms with Crippen LogP contribution in [0, 0.1) is 6.92 Å². The molecule has 1 aromatic carbocycles. The Labute approximate surface area is 89.9 Å². The molecule has 2 heteroatoms. The van der Waals surface area contributed by atoms with Gasteiger partial charge in [0.2, 0.25) is 0 Å². The summed E-state index contributed by atoms with van der Waals surface area (Å²) in [4.78, 5) is 11.8. The number of aldehydes is 1. The van der Waals surface area contributed by atoms with Gasteiger partial charge in [-0.2, -0.15) is 0 Å². The van der Waals surface area contributed by atoms with Crippen LogP contribution < -0.4 is 0 Å². The zero-order chi connectivity index (χ0) is 10.6. The highest BCUT2D eigenvalue weighted by atomic mass is 32.2. The van der Waals surface area contributed by atoms with Gasteiger partial charge in [-0.3, -0.25) is 4.79 Å². The van der Waals surface area contributed by atoms with E-state index in [2.05, 4.69) is 20.8 Å². The number of hydrogen-bond donors (Lipinski definition) is 0. The Hall–Kier alpha value is -0.760. The molecule has 0 saturated heterocycles. The summed E-state index contributed by atoms with van der Waals surface area (Å²) in [5.74, 6) is 0. The number of benzene rings is 1. The topological polar surface area (TPSA) is 17.1 Å². The molecule has 76 valence electrons. The maximum atomic E-state index is 10.5. The van der Waals surface area contributed by atoms with Crippen molar-refractivity contribution in [3.05, 3.63) is 29.3 Å². The van der Waals surface area contributed by atoms with Crippen molar-refractivity contribution < 1.29 is 4.79 Å². The van der Waals surface area contributed by atoms with Gasteiger partial charge in [0, 0.05) is 15.7 Å². The van der Waals surface area contributed by atoms with Crippen LogP contribution in [-0.4, -0.2) is 11.5 Å². The molecule has 0 aliphatic heterocycles. The highest BCUT2D eigenvalue weighted by molar-refractivity contribution is 8.00. The average Bonchev–Trinajstić information content (AvgIpc) is 2.20. The van der Waals surface area contributed by atoms with Crippen molar-refractivity contribution in [3.8, 4) is 0 Å². The summed E-state index contributed by atoms with van der Waals surface area (Å²) in [6.07, 6.45) is 2.06. The van der Waals surface area contributed by atoms with Crippen LogP contribution >= 0.6 is 11.8 Å². The summed E-state index contributed by atoms with van der Waals surface area (Å²) >= 11 is 1.87. The second-order valence-corrected chi connectivity index (χ2v) is 4.96. The van der Waals surface area contributed by atoms with Crippen LogP contribution in [0.25, 0.3) is 0 Å². The molecule has 1 atom stereocenters. The van der Waals surface area contributed by atoms with E-state index in [-0.39, 0.29) is 0 Å². The van der Waals surface area contributed by atoms with Crippen molar-refractivity contribution in [2.45, 2.75) is 37.3 Å². The highest BCUT2D eigenvalue weighted by Gasteiger charge is 2.04. The van der Waals surface area contributed by atoms with E-state index < -0.39 is 0 Å². The van der Waals surface area contributed by atoms with Crippen LogP contribution in [0.15, 0.2) is 23.1 Å². The van der Waals surface area contributed by atoms with Gasteiger partial charge in [-0.1, -0.05) is 19.9 Å². The minimum atomic E-state index is 0.635. The summed E-state index contributed by atoms with van der Waals surface area (Å²) in [5.41, 5.74) is 1.95. The third-order valence-corrected chi connectivity index (χ3v) is 3.69. The number of aryl methyl sites for hydroxylation is 1. The second kappa shape index (κ2) is 5.20. The van der Waals surface area contributed by atoms with Crippen LogP contribution in [-0.2, 0) is 0 Å². The number of thioether (sulfide) groups is 1. The Morgan fingerprint density at radius 1 is 1.50 bits per heavy atom. The van der Waals surface area contributed by atoms with Crippen molar-refractivity contribution in [1.82, 2.24) is 0 Å². The van der Waals surface area contributed by atoms with E-state index in [1.54, 1.807) is 0 Å². The molecule has 0 aliphatic carbocycles. The molecule has 0 aliphatic rings. The predicted octanol–water partition coefficient (Wildman–Crippen LogP) is 3.70. The highest BCUT2D eigenvalue weighted by Crippen LogP contribution is 2.28. The molecular formula is C12H16OS. The molecule has 14 heavy (non-hydrogen) atoms. The fourth-order valence-electron chi connectivity index (χ4n) is 1.18. The van der Waals surface area contributed by atoms with Gasteiger partial charge >= 0.3 is 0 Å². The van der Waals surface area contributed by atoms with Gasteiger partial charge in [0.05, 0.1) is 0 Å². The number of hydrogen-bond acceptors (Lipinski definition) is 2. The molecular weight excluding hydrogens is 192 g/mol. The molecule has 0 amide bonds. The molecule has 0 saturated carbocycles. The maximum Gasteiger partial charge on any atom is 0.150 e. The summed E-state index contributed by atoms with van der Waals surface area (Å²) < 4.78 is 0. The van der Waals surface area contributed by atoms with E-state index >= 15 is 0 Å². The molecule has 0 N–H and O–H groups in total. The first-order valence-corrected chi connectivity index (χ1v) is 5.77. The standard InChI is InChI=1S/C12H16OS/c1-4-10(3)14-12-6-5-11(8-13)7-9(12)2/h5-8,10H,4H2,1-3H3. The summed E-state index contributed by atoms with van der Waals surface area (Å²) in [7, 11) is 0. The molecule has 0 spiro atoms. The molecule has 0 bridgehead atoms. The average molecular weight is 208 g/mol. The van der Waals surface area contributed by atoms with Gasteiger partial charge in [-0.15, -0.1) is 11.8 Å². The first-order chi connectivity index (χ1) is 6.67. The van der Waals surface area contributed by atoms with Gasteiger partial charge in [-0.05, 0) is 31.0 Å². The van der Waals surface area contributed by atoms with Crippen LogP contribution in [0.2, 0.25) is 0 Å². The van der Waals surface area contributed by atoms with Crippen molar-refractivity contribution >= 4 is 18.0 Å². The first-order valence-electron chi connectivity index (χ1n) is 4.89. The summed E-state index contributed by atoms with van der Waals surface area (Å²) in [6.45, 7) is 6.46. The van der Waals surface area contributed by atoms with Crippen LogP contribution in [0.1, 0.15) is 36.2 Å². The summed E-state index contributed by atoms with van der Waals surface area (Å²) in [5, 5.41) is 0.635. The zero-order valence-electron chi connectivity index (χ0n) is 8.91. The fraction of sp³-hybridized carbons (Fsp3) is 0.417. The number of carbonyl (C=O) groups excluding carboxylic acids is 1. The van der Waals surface area contributed by atoms with Crippen molar-refractivity contribution in [2.24, 2.45) is 0 Å². The SMILES string of the molecule is CCC(C)Sc1ccc(C=O)cc1C. The monoisotopic (exact) mass is 208 g/mol. The van der Waals surface area contributed by atoms with Crippen molar-refractivity contribution in [2.75, 3.05) is 0 Å². The Morgan fingerprint density at radius 2 is 2.21 bits per heavy atom. The molecule has 0 aromatic heterocycles. The first kappa shape index (κ1) is 11.3. The smallest absolute Gasteiger partial charge is 0.150 e. The van der Waals surface area contributed by atoms with Crippen LogP contribution in [0.5, 0.6) is 0 Å². The van der Waals surface area contributed by atoms with Crippen LogP contribution in [0.4, 0.5) is 0 Å². The van der Waals surface area contributed by atoms with Crippen LogP contribution in [0.3, 0.4) is 0 Å². The fourth-order valence-corrected chi connectivity index (χ4v) is 2.17. The Kier molecular flexibility index (Phi) is 4.21. The largest absolute Gasteiger partial charge is 0.298 e. The zero-order valence-corrected chi connectivity index (χ0v) is 9.73. The molecule has 1 rings (SSSR count). The number of carbonyl (C=O) groups is 1. The van der Waals surface area contributed by atoms with E-state index in [0.717, 1.165) is 11.8 Å². The quantitative estimate of drug-likeness (QED) is 0.554. The third-order valence-electron chi connectivity index (χ3n) is 2.24. The van der Waals surface area contributed by atoms with E-state index in [1.807, 2.05) is 30.0 Å². The van der Waals surface area contributed by atoms with E-state index in [0.29, 0.717) is 5.25 Å². The Bertz CT molecular complexity index is 320. The number of rotatable bonds is 4. The Balaban J connectivity index is 2.83. The van der Waals surface area contributed by atoms with E-state index in [4.69, 9.17) is 0 Å². The van der Waals surface area contributed by atoms with Gasteiger partial charge in [0.1, 0.15) is 6.29 Å². The van der Waals surface area contributed by atoms with Gasteiger partial charge < -0.3 is 0 Å². The molecule has 0 fully saturated rings. The second-order valence-electron chi connectivity index (χ2n) is 3.48. The maximum absolute atomic E-state index is 10.5. The van der Waals surface area contributed by atoms with E-state index in [9.17, 15) is 4.79 Å². The predicted molar refractivity (Wildman–Crippen MR) is 62.2 cm³/mol. The Morgan fingerprint density at radius 3 is 2.71 bits per heavy atom. The molecule has 0 radical (unpaired) electrons. The third kappa shape index (κ3) is 2.88. The molecule has 1 nitrogen and oxygen atoms in total. The van der Waals surface area contributed by atoms with Gasteiger partial charge in [-0.25, -0.2) is 0 Å². The lowest BCUT2D eigenvalue weighted by atomic mass is 10.2.